The second-order valence-corrected chi connectivity index (χ2v) is 11.9. The van der Waals surface area contributed by atoms with E-state index >= 15 is 0 Å². The molecule has 0 radical (unpaired) electrons. The highest BCUT2D eigenvalue weighted by atomic mass is 16.5. The number of fused-ring (bicyclic) bond motifs is 1. The molecule has 1 spiro atoms. The SMILES string of the molecule is CC.COc1ccc(CN2C[C@H]3CC(c4ccc(N)c5ccccc45)N4C(=O)N(CCN5CCOCC5)C(=O)[C@]34C2)cc1O. The average molecular weight is 602 g/mol. The highest BCUT2D eigenvalue weighted by molar-refractivity contribution is 6.09. The molecule has 1 unspecified atom stereocenters. The lowest BCUT2D eigenvalue weighted by Crippen LogP contribution is -2.51. The fourth-order valence-electron chi connectivity index (χ4n) is 7.67. The van der Waals surface area contributed by atoms with E-state index in [0.717, 1.165) is 35.0 Å². The number of aromatic hydroxyl groups is 1. The van der Waals surface area contributed by atoms with E-state index in [1.54, 1.807) is 12.1 Å². The van der Waals surface area contributed by atoms with Crippen molar-refractivity contribution in [3.8, 4) is 11.5 Å². The molecule has 3 atom stereocenters. The molecule has 10 heteroatoms. The number of benzene rings is 3. The molecule has 3 aromatic carbocycles. The van der Waals surface area contributed by atoms with E-state index in [1.807, 2.05) is 55.1 Å². The molecule has 3 aromatic rings. The standard InChI is InChI=1S/C32H37N5O5.C2H6/c1-41-29-9-6-21(16-28(29)38)18-35-19-22-17-27(25-7-8-26(33)24-5-3-2-4-23(24)25)37-31(40)36(30(39)32(22,37)20-35)11-10-34-12-14-42-15-13-34;1-2/h2-9,16,22,27,38H,10-15,17-20,33H2,1H3;1-2H3/t22-,27?,32+;/m1./s1. The number of likely N-dealkylation sites (tertiary alicyclic amines) is 1. The normalized spacial score (nSPS) is 25.2. The molecule has 4 saturated heterocycles. The number of carbonyl (C=O) groups excluding carboxylic acids is 2. The fourth-order valence-corrected chi connectivity index (χ4v) is 7.67. The summed E-state index contributed by atoms with van der Waals surface area (Å²) in [6.45, 7) is 9.64. The molecule has 0 aromatic heterocycles. The molecule has 0 aliphatic carbocycles. The van der Waals surface area contributed by atoms with Crippen molar-refractivity contribution >= 4 is 28.4 Å². The van der Waals surface area contributed by atoms with Crippen LogP contribution in [0.4, 0.5) is 10.5 Å². The first kappa shape index (κ1) is 30.2. The first-order chi connectivity index (χ1) is 21.4. The van der Waals surface area contributed by atoms with Crippen LogP contribution >= 0.6 is 0 Å². The van der Waals surface area contributed by atoms with E-state index in [9.17, 15) is 14.7 Å². The monoisotopic (exact) mass is 601 g/mol. The molecule has 4 heterocycles. The van der Waals surface area contributed by atoms with Gasteiger partial charge in [-0.05, 0) is 41.1 Å². The van der Waals surface area contributed by atoms with Crippen LogP contribution in [-0.2, 0) is 16.1 Å². The molecule has 0 saturated carbocycles. The summed E-state index contributed by atoms with van der Waals surface area (Å²) in [5.41, 5.74) is 8.08. The predicted molar refractivity (Wildman–Crippen MR) is 169 cm³/mol. The number of morpholine rings is 1. The Morgan fingerprint density at radius 1 is 1.00 bits per heavy atom. The number of nitrogens with two attached hydrogens (primary N) is 1. The van der Waals surface area contributed by atoms with E-state index < -0.39 is 5.54 Å². The Hall–Kier alpha value is -3.86. The zero-order chi connectivity index (χ0) is 31.0. The molecule has 44 heavy (non-hydrogen) atoms. The van der Waals surface area contributed by atoms with Gasteiger partial charge in [-0.1, -0.05) is 50.2 Å². The van der Waals surface area contributed by atoms with Crippen molar-refractivity contribution in [1.29, 1.82) is 0 Å². The lowest BCUT2D eigenvalue weighted by molar-refractivity contribution is -0.133. The van der Waals surface area contributed by atoms with Gasteiger partial charge >= 0.3 is 6.03 Å². The van der Waals surface area contributed by atoms with E-state index in [4.69, 9.17) is 15.2 Å². The zero-order valence-corrected chi connectivity index (χ0v) is 25.9. The number of amides is 3. The largest absolute Gasteiger partial charge is 0.504 e. The summed E-state index contributed by atoms with van der Waals surface area (Å²) >= 11 is 0. The Kier molecular flexibility index (Phi) is 8.41. The number of rotatable bonds is 7. The summed E-state index contributed by atoms with van der Waals surface area (Å²) in [6.07, 6.45) is 0.701. The minimum atomic E-state index is -0.927. The third-order valence-electron chi connectivity index (χ3n) is 9.66. The number of carbonyl (C=O) groups is 2. The van der Waals surface area contributed by atoms with Gasteiger partial charge in [0.15, 0.2) is 11.5 Å². The van der Waals surface area contributed by atoms with Crippen molar-refractivity contribution < 1.29 is 24.2 Å². The van der Waals surface area contributed by atoms with Gasteiger partial charge in [-0.2, -0.15) is 0 Å². The number of phenols is 1. The van der Waals surface area contributed by atoms with Crippen molar-refractivity contribution in [2.75, 3.05) is 65.3 Å². The van der Waals surface area contributed by atoms with Gasteiger partial charge in [0.05, 0.1) is 26.4 Å². The third-order valence-corrected chi connectivity index (χ3v) is 9.66. The summed E-state index contributed by atoms with van der Waals surface area (Å²) in [5.74, 6) is 0.405. The smallest absolute Gasteiger partial charge is 0.328 e. The maximum atomic E-state index is 14.4. The number of phenolic OH excluding ortho intramolecular Hbond substituents is 1. The quantitative estimate of drug-likeness (QED) is 0.308. The van der Waals surface area contributed by atoms with E-state index in [1.165, 1.54) is 12.0 Å². The van der Waals surface area contributed by atoms with Crippen molar-refractivity contribution in [2.24, 2.45) is 5.92 Å². The molecular formula is C34H43N5O5. The summed E-state index contributed by atoms with van der Waals surface area (Å²) in [4.78, 5) is 36.6. The summed E-state index contributed by atoms with van der Waals surface area (Å²) in [5, 5.41) is 12.3. The Labute approximate surface area is 258 Å². The number of anilines is 1. The molecule has 4 fully saturated rings. The van der Waals surface area contributed by atoms with Gasteiger partial charge in [-0.15, -0.1) is 0 Å². The summed E-state index contributed by atoms with van der Waals surface area (Å²) in [7, 11) is 1.53. The first-order valence-electron chi connectivity index (χ1n) is 15.7. The molecule has 234 valence electrons. The fraction of sp³-hybridized carbons (Fsp3) is 0.471. The Morgan fingerprint density at radius 3 is 2.48 bits per heavy atom. The second kappa shape index (κ2) is 12.3. The lowest BCUT2D eigenvalue weighted by atomic mass is 9.87. The van der Waals surface area contributed by atoms with Gasteiger partial charge in [-0.3, -0.25) is 19.5 Å². The van der Waals surface area contributed by atoms with E-state index in [0.29, 0.717) is 63.8 Å². The Morgan fingerprint density at radius 2 is 1.75 bits per heavy atom. The number of ether oxygens (including phenoxy) is 2. The van der Waals surface area contributed by atoms with Crippen LogP contribution < -0.4 is 10.5 Å². The highest BCUT2D eigenvalue weighted by Gasteiger charge is 2.70. The van der Waals surface area contributed by atoms with Gasteiger partial charge in [0.2, 0.25) is 0 Å². The van der Waals surface area contributed by atoms with Crippen molar-refractivity contribution in [3.63, 3.8) is 0 Å². The average Bonchev–Trinajstić information content (AvgIpc) is 3.62. The van der Waals surface area contributed by atoms with Crippen molar-refractivity contribution in [2.45, 2.75) is 38.4 Å². The van der Waals surface area contributed by atoms with Crippen LogP contribution in [-0.4, -0.2) is 102 Å². The Balaban J connectivity index is 0.00000168. The number of nitrogens with zero attached hydrogens (tertiary/aromatic N) is 4. The van der Waals surface area contributed by atoms with E-state index in [-0.39, 0.29) is 29.6 Å². The summed E-state index contributed by atoms with van der Waals surface area (Å²) in [6, 6.07) is 17.0. The lowest BCUT2D eigenvalue weighted by Gasteiger charge is -2.32. The second-order valence-electron chi connectivity index (χ2n) is 11.9. The minimum absolute atomic E-state index is 0.0181. The molecule has 4 aliphatic heterocycles. The van der Waals surface area contributed by atoms with Crippen LogP contribution in [0.25, 0.3) is 10.8 Å². The number of nitrogen functional groups attached to an aromatic ring is 1. The Bertz CT molecular complexity index is 1540. The van der Waals surface area contributed by atoms with Gasteiger partial charge in [0, 0.05) is 62.8 Å². The number of hydrogen-bond acceptors (Lipinski definition) is 8. The third kappa shape index (κ3) is 4.95. The van der Waals surface area contributed by atoms with Crippen LogP contribution in [0, 0.1) is 5.92 Å². The van der Waals surface area contributed by atoms with Gasteiger partial charge in [0.25, 0.3) is 5.91 Å². The number of urea groups is 1. The van der Waals surface area contributed by atoms with E-state index in [2.05, 4.69) is 15.9 Å². The van der Waals surface area contributed by atoms with Crippen LogP contribution in [0.3, 0.4) is 0 Å². The maximum Gasteiger partial charge on any atom is 0.328 e. The summed E-state index contributed by atoms with van der Waals surface area (Å²) < 4.78 is 10.7. The van der Waals surface area contributed by atoms with Crippen LogP contribution in [0.1, 0.15) is 37.4 Å². The molecule has 4 aliphatic rings. The maximum absolute atomic E-state index is 14.4. The van der Waals surface area contributed by atoms with Gasteiger partial charge < -0.3 is 25.2 Å². The van der Waals surface area contributed by atoms with Gasteiger partial charge in [-0.25, -0.2) is 4.79 Å². The molecule has 7 rings (SSSR count). The van der Waals surface area contributed by atoms with Crippen LogP contribution in [0.5, 0.6) is 11.5 Å². The number of hydrogen-bond donors (Lipinski definition) is 2. The molecular weight excluding hydrogens is 558 g/mol. The van der Waals surface area contributed by atoms with Crippen LogP contribution in [0.15, 0.2) is 54.6 Å². The zero-order valence-electron chi connectivity index (χ0n) is 25.9. The minimum Gasteiger partial charge on any atom is -0.504 e. The topological polar surface area (TPSA) is 112 Å². The van der Waals surface area contributed by atoms with Crippen molar-refractivity contribution in [1.82, 2.24) is 19.6 Å². The molecule has 3 amide bonds. The molecule has 3 N–H and O–H groups in total. The molecule has 10 nitrogen and oxygen atoms in total. The van der Waals surface area contributed by atoms with Gasteiger partial charge in [0.1, 0.15) is 5.54 Å². The molecule has 0 bridgehead atoms. The number of methoxy groups -OCH3 is 1. The van der Waals surface area contributed by atoms with Crippen LogP contribution in [0.2, 0.25) is 0 Å². The predicted octanol–water partition coefficient (Wildman–Crippen LogP) is 4.07. The van der Waals surface area contributed by atoms with Crippen molar-refractivity contribution in [3.05, 3.63) is 65.7 Å². The first-order valence-corrected chi connectivity index (χ1v) is 15.7. The highest BCUT2D eigenvalue weighted by Crippen LogP contribution is 2.55. The number of imide groups is 1.